The number of halogens is 6. The predicted octanol–water partition coefficient (Wildman–Crippen LogP) is 3.55. The molecule has 2 heterocycles. The van der Waals surface area contributed by atoms with Gasteiger partial charge in [-0.1, -0.05) is 6.07 Å². The molecule has 7 nitrogen and oxygen atoms in total. The zero-order chi connectivity index (χ0) is 22.8. The molecule has 0 bridgehead atoms. The van der Waals surface area contributed by atoms with E-state index in [2.05, 4.69) is 20.8 Å². The summed E-state index contributed by atoms with van der Waals surface area (Å²) in [6.45, 7) is 1.18. The van der Waals surface area contributed by atoms with E-state index in [1.54, 1.807) is 4.72 Å². The van der Waals surface area contributed by atoms with Gasteiger partial charge in [-0.15, -0.1) is 10.2 Å². The molecule has 14 heteroatoms. The SMILES string of the molecule is O=S([O-])Nc1cc(C(F)(F)F)ccc1-c1cc(C(F)(F)F)c(N[C@@H]2CCCNC2)nn1. The first-order valence-corrected chi connectivity index (χ1v) is 10.0. The molecule has 1 saturated heterocycles. The Labute approximate surface area is 175 Å². The van der Waals surface area contributed by atoms with Crippen LogP contribution in [0.2, 0.25) is 0 Å². The summed E-state index contributed by atoms with van der Waals surface area (Å²) < 4.78 is 104. The van der Waals surface area contributed by atoms with Gasteiger partial charge in [0.15, 0.2) is 5.82 Å². The van der Waals surface area contributed by atoms with Crippen LogP contribution in [0.3, 0.4) is 0 Å². The van der Waals surface area contributed by atoms with Crippen LogP contribution in [-0.2, 0) is 23.6 Å². The van der Waals surface area contributed by atoms with E-state index in [1.807, 2.05) is 0 Å². The van der Waals surface area contributed by atoms with Gasteiger partial charge in [-0.3, -0.25) is 4.21 Å². The standard InChI is InChI=1S/C17H17F6N5O2S/c18-16(19,20)9-3-4-11(14(6-9)28-31(29)30)13-7-12(17(21,22)23)15(27-26-13)25-10-2-1-5-24-8-10/h3-4,6-7,10,24,28H,1-2,5,8H2,(H,25,27)(H,29,30)/p-1/t10-/m1/s1. The quantitative estimate of drug-likeness (QED) is 0.458. The largest absolute Gasteiger partial charge is 0.755 e. The molecule has 0 radical (unpaired) electrons. The lowest BCUT2D eigenvalue weighted by Crippen LogP contribution is -2.39. The fourth-order valence-electron chi connectivity index (χ4n) is 3.13. The highest BCUT2D eigenvalue weighted by Crippen LogP contribution is 2.39. The highest BCUT2D eigenvalue weighted by molar-refractivity contribution is 7.80. The van der Waals surface area contributed by atoms with Gasteiger partial charge in [0.25, 0.3) is 0 Å². The number of hydrogen-bond acceptors (Lipinski definition) is 6. The number of alkyl halides is 6. The van der Waals surface area contributed by atoms with Crippen molar-refractivity contribution in [3.05, 3.63) is 35.4 Å². The molecular weight excluding hydrogens is 452 g/mol. The Hall–Kier alpha value is -2.45. The minimum atomic E-state index is -4.84. The Balaban J connectivity index is 2.04. The van der Waals surface area contributed by atoms with E-state index in [4.69, 9.17) is 0 Å². The smallest absolute Gasteiger partial charge is 0.420 e. The van der Waals surface area contributed by atoms with Crippen LogP contribution in [0.4, 0.5) is 37.8 Å². The number of piperidine rings is 1. The molecule has 0 amide bonds. The van der Waals surface area contributed by atoms with Crippen molar-refractivity contribution in [3.8, 4) is 11.3 Å². The lowest BCUT2D eigenvalue weighted by Gasteiger charge is -2.25. The second kappa shape index (κ2) is 8.96. The number of benzene rings is 1. The average Bonchev–Trinajstić information content (AvgIpc) is 2.67. The van der Waals surface area contributed by atoms with Crippen LogP contribution in [0.5, 0.6) is 0 Å². The maximum Gasteiger partial charge on any atom is 0.420 e. The van der Waals surface area contributed by atoms with E-state index in [1.165, 1.54) is 0 Å². The van der Waals surface area contributed by atoms with Gasteiger partial charge in [0.1, 0.15) is 5.56 Å². The summed E-state index contributed by atoms with van der Waals surface area (Å²) in [5, 5.41) is 13.0. The van der Waals surface area contributed by atoms with Crippen LogP contribution in [0, 0.1) is 0 Å². The molecule has 0 spiro atoms. The first-order chi connectivity index (χ1) is 14.4. The van der Waals surface area contributed by atoms with Gasteiger partial charge >= 0.3 is 12.4 Å². The summed E-state index contributed by atoms with van der Waals surface area (Å²) in [4.78, 5) is 0. The van der Waals surface area contributed by atoms with Gasteiger partial charge in [0.2, 0.25) is 0 Å². The van der Waals surface area contributed by atoms with Crippen molar-refractivity contribution in [1.82, 2.24) is 15.5 Å². The zero-order valence-corrected chi connectivity index (χ0v) is 16.4. The van der Waals surface area contributed by atoms with Crippen LogP contribution in [0.15, 0.2) is 24.3 Å². The predicted molar refractivity (Wildman–Crippen MR) is 99.5 cm³/mol. The maximum atomic E-state index is 13.6. The van der Waals surface area contributed by atoms with Crippen LogP contribution in [-0.4, -0.2) is 38.1 Å². The first kappa shape index (κ1) is 23.2. The van der Waals surface area contributed by atoms with Crippen LogP contribution in [0.1, 0.15) is 24.0 Å². The normalized spacial score (nSPS) is 18.5. The molecular formula is C17H16F6N5O2S-. The second-order valence-corrected chi connectivity index (χ2v) is 7.45. The molecule has 170 valence electrons. The number of nitrogens with one attached hydrogen (secondary N) is 3. The molecule has 3 N–H and O–H groups in total. The van der Waals surface area contributed by atoms with Crippen molar-refractivity contribution in [2.75, 3.05) is 23.1 Å². The Bertz CT molecular complexity index is 963. The number of rotatable bonds is 5. The van der Waals surface area contributed by atoms with Crippen molar-refractivity contribution in [1.29, 1.82) is 0 Å². The van der Waals surface area contributed by atoms with E-state index in [9.17, 15) is 35.1 Å². The molecule has 1 aliphatic rings. The van der Waals surface area contributed by atoms with Crippen LogP contribution < -0.4 is 15.4 Å². The Morgan fingerprint density at radius 2 is 1.84 bits per heavy atom. The van der Waals surface area contributed by atoms with E-state index in [0.29, 0.717) is 31.2 Å². The van der Waals surface area contributed by atoms with Gasteiger partial charge in [0.05, 0.1) is 16.9 Å². The lowest BCUT2D eigenvalue weighted by molar-refractivity contribution is -0.138. The Morgan fingerprint density at radius 1 is 1.10 bits per heavy atom. The molecule has 2 atom stereocenters. The topological polar surface area (TPSA) is 102 Å². The number of anilines is 2. The van der Waals surface area contributed by atoms with Crippen molar-refractivity contribution < 1.29 is 35.1 Å². The van der Waals surface area contributed by atoms with Crippen molar-refractivity contribution in [3.63, 3.8) is 0 Å². The van der Waals surface area contributed by atoms with Crippen molar-refractivity contribution in [2.24, 2.45) is 0 Å². The van der Waals surface area contributed by atoms with Gasteiger partial charge in [-0.2, -0.15) is 26.3 Å². The maximum absolute atomic E-state index is 13.6. The summed E-state index contributed by atoms with van der Waals surface area (Å²) in [7, 11) is 0. The highest BCUT2D eigenvalue weighted by atomic mass is 32.2. The third kappa shape index (κ3) is 5.83. The lowest BCUT2D eigenvalue weighted by atomic mass is 10.0. The zero-order valence-electron chi connectivity index (χ0n) is 15.6. The fraction of sp³-hybridized carbons (Fsp3) is 0.412. The first-order valence-electron chi connectivity index (χ1n) is 8.95. The third-order valence-corrected chi connectivity index (χ3v) is 4.94. The fourth-order valence-corrected chi connectivity index (χ4v) is 3.48. The monoisotopic (exact) mass is 468 g/mol. The van der Waals surface area contributed by atoms with E-state index in [-0.39, 0.29) is 11.6 Å². The summed E-state index contributed by atoms with van der Waals surface area (Å²) in [6, 6.07) is 2.23. The molecule has 1 aromatic heterocycles. The molecule has 1 unspecified atom stereocenters. The molecule has 31 heavy (non-hydrogen) atoms. The molecule has 3 rings (SSSR count). The molecule has 1 aromatic carbocycles. The van der Waals surface area contributed by atoms with Crippen molar-refractivity contribution in [2.45, 2.75) is 31.2 Å². The summed E-state index contributed by atoms with van der Waals surface area (Å²) in [6.07, 6.45) is -8.24. The molecule has 2 aromatic rings. The molecule has 1 aliphatic heterocycles. The van der Waals surface area contributed by atoms with Gasteiger partial charge in [-0.25, -0.2) is 0 Å². The highest BCUT2D eigenvalue weighted by Gasteiger charge is 2.37. The summed E-state index contributed by atoms with van der Waals surface area (Å²) >= 11 is -3.02. The number of hydrogen-bond donors (Lipinski definition) is 3. The minimum absolute atomic E-state index is 0.291. The molecule has 0 saturated carbocycles. The van der Waals surface area contributed by atoms with Crippen molar-refractivity contribution >= 4 is 22.8 Å². The van der Waals surface area contributed by atoms with E-state index < -0.39 is 51.9 Å². The second-order valence-electron chi connectivity index (χ2n) is 6.77. The number of nitrogens with zero attached hydrogens (tertiary/aromatic N) is 2. The van der Waals surface area contributed by atoms with Gasteiger partial charge < -0.3 is 19.9 Å². The average molecular weight is 468 g/mol. The summed E-state index contributed by atoms with van der Waals surface area (Å²) in [5.74, 6) is -0.515. The molecule has 0 aliphatic carbocycles. The van der Waals surface area contributed by atoms with Crippen LogP contribution in [0.25, 0.3) is 11.3 Å². The van der Waals surface area contributed by atoms with Crippen LogP contribution >= 0.6 is 0 Å². The Kier molecular flexibility index (Phi) is 6.71. The minimum Gasteiger partial charge on any atom is -0.755 e. The third-order valence-electron chi connectivity index (χ3n) is 4.55. The Morgan fingerprint density at radius 3 is 2.42 bits per heavy atom. The number of aromatic nitrogens is 2. The van der Waals surface area contributed by atoms with Gasteiger partial charge in [0, 0.05) is 29.4 Å². The van der Waals surface area contributed by atoms with Gasteiger partial charge in [-0.05, 0) is 37.6 Å². The van der Waals surface area contributed by atoms with E-state index >= 15 is 0 Å². The molecule has 1 fully saturated rings. The summed E-state index contributed by atoms with van der Waals surface area (Å²) in [5.41, 5.74) is -3.67. The van der Waals surface area contributed by atoms with E-state index in [0.717, 1.165) is 19.0 Å².